The molecule has 76 valence electrons. The SMILES string of the molecule is Cc1ccc(C2(N)CCCC2)cc1F. The van der Waals surface area contributed by atoms with Crippen molar-refractivity contribution in [1.82, 2.24) is 0 Å². The third-order valence-corrected chi connectivity index (χ3v) is 3.24. The topological polar surface area (TPSA) is 26.0 Å². The Labute approximate surface area is 84.1 Å². The molecule has 0 spiro atoms. The van der Waals surface area contributed by atoms with Crippen molar-refractivity contribution < 1.29 is 4.39 Å². The lowest BCUT2D eigenvalue weighted by Crippen LogP contribution is -2.33. The maximum Gasteiger partial charge on any atom is 0.126 e. The van der Waals surface area contributed by atoms with Crippen LogP contribution in [-0.4, -0.2) is 0 Å². The van der Waals surface area contributed by atoms with Crippen molar-refractivity contribution in [1.29, 1.82) is 0 Å². The second-order valence-electron chi connectivity index (χ2n) is 4.33. The minimum atomic E-state index is -0.269. The Balaban J connectivity index is 2.36. The molecule has 1 aliphatic rings. The molecule has 1 nitrogen and oxygen atoms in total. The van der Waals surface area contributed by atoms with Crippen LogP contribution in [-0.2, 0) is 5.54 Å². The molecule has 14 heavy (non-hydrogen) atoms. The van der Waals surface area contributed by atoms with E-state index in [4.69, 9.17) is 5.73 Å². The predicted octanol–water partition coefficient (Wildman–Crippen LogP) is 2.86. The summed E-state index contributed by atoms with van der Waals surface area (Å²) in [5.41, 5.74) is 7.61. The standard InChI is InChI=1S/C12H16FN/c1-9-4-5-10(8-11(9)13)12(14)6-2-3-7-12/h4-5,8H,2-3,6-7,14H2,1H3. The van der Waals surface area contributed by atoms with Gasteiger partial charge in [-0.2, -0.15) is 0 Å². The van der Waals surface area contributed by atoms with Gasteiger partial charge >= 0.3 is 0 Å². The van der Waals surface area contributed by atoms with Crippen LogP contribution in [0, 0.1) is 12.7 Å². The molecular formula is C12H16FN. The highest BCUT2D eigenvalue weighted by Gasteiger charge is 2.31. The van der Waals surface area contributed by atoms with E-state index in [1.165, 1.54) is 0 Å². The smallest absolute Gasteiger partial charge is 0.126 e. The first-order chi connectivity index (χ1) is 6.62. The molecule has 2 heteroatoms. The minimum absolute atomic E-state index is 0.140. The van der Waals surface area contributed by atoms with E-state index in [1.54, 1.807) is 13.0 Å². The average Bonchev–Trinajstić information content (AvgIpc) is 2.58. The van der Waals surface area contributed by atoms with Crippen molar-refractivity contribution in [2.75, 3.05) is 0 Å². The van der Waals surface area contributed by atoms with Crippen molar-refractivity contribution in [3.05, 3.63) is 35.1 Å². The Morgan fingerprint density at radius 1 is 1.29 bits per heavy atom. The van der Waals surface area contributed by atoms with Gasteiger partial charge in [0.1, 0.15) is 5.82 Å². The molecule has 0 aliphatic heterocycles. The van der Waals surface area contributed by atoms with Crippen molar-refractivity contribution in [3.8, 4) is 0 Å². The summed E-state index contributed by atoms with van der Waals surface area (Å²) >= 11 is 0. The zero-order valence-electron chi connectivity index (χ0n) is 8.52. The first-order valence-electron chi connectivity index (χ1n) is 5.17. The Morgan fingerprint density at radius 2 is 1.93 bits per heavy atom. The predicted molar refractivity (Wildman–Crippen MR) is 55.5 cm³/mol. The van der Waals surface area contributed by atoms with Gasteiger partial charge in [0.15, 0.2) is 0 Å². The molecule has 2 N–H and O–H groups in total. The highest BCUT2D eigenvalue weighted by molar-refractivity contribution is 5.29. The van der Waals surface area contributed by atoms with Gasteiger partial charge in [-0.05, 0) is 37.0 Å². The molecule has 1 aromatic carbocycles. The number of hydrogen-bond acceptors (Lipinski definition) is 1. The van der Waals surface area contributed by atoms with Crippen LogP contribution in [0.4, 0.5) is 4.39 Å². The summed E-state index contributed by atoms with van der Waals surface area (Å²) in [4.78, 5) is 0. The lowest BCUT2D eigenvalue weighted by atomic mass is 9.89. The van der Waals surface area contributed by atoms with E-state index < -0.39 is 0 Å². The van der Waals surface area contributed by atoms with Gasteiger partial charge in [-0.25, -0.2) is 4.39 Å². The van der Waals surface area contributed by atoms with Crippen LogP contribution in [0.5, 0.6) is 0 Å². The molecule has 1 fully saturated rings. The van der Waals surface area contributed by atoms with E-state index in [1.807, 2.05) is 12.1 Å². The number of hydrogen-bond donors (Lipinski definition) is 1. The summed E-state index contributed by atoms with van der Waals surface area (Å²) in [6, 6.07) is 5.38. The number of nitrogens with two attached hydrogens (primary N) is 1. The van der Waals surface area contributed by atoms with E-state index in [9.17, 15) is 4.39 Å². The first kappa shape index (κ1) is 9.66. The molecule has 0 bridgehead atoms. The quantitative estimate of drug-likeness (QED) is 0.729. The van der Waals surface area contributed by atoms with E-state index in [2.05, 4.69) is 0 Å². The Morgan fingerprint density at radius 3 is 2.50 bits per heavy atom. The second kappa shape index (κ2) is 3.35. The lowest BCUT2D eigenvalue weighted by Gasteiger charge is -2.24. The largest absolute Gasteiger partial charge is 0.321 e. The fourth-order valence-corrected chi connectivity index (χ4v) is 2.20. The number of aryl methyl sites for hydroxylation is 1. The number of halogens is 1. The summed E-state index contributed by atoms with van der Waals surface area (Å²) in [6.07, 6.45) is 4.28. The van der Waals surface area contributed by atoms with Gasteiger partial charge in [0.25, 0.3) is 0 Å². The summed E-state index contributed by atoms with van der Waals surface area (Å²) in [7, 11) is 0. The van der Waals surface area contributed by atoms with Gasteiger partial charge in [0.2, 0.25) is 0 Å². The summed E-state index contributed by atoms with van der Waals surface area (Å²) in [5.74, 6) is -0.140. The molecule has 0 atom stereocenters. The summed E-state index contributed by atoms with van der Waals surface area (Å²) in [5, 5.41) is 0. The molecule has 0 aromatic heterocycles. The van der Waals surface area contributed by atoms with Crippen LogP contribution in [0.2, 0.25) is 0 Å². The molecule has 0 saturated heterocycles. The zero-order chi connectivity index (χ0) is 10.2. The monoisotopic (exact) mass is 193 g/mol. The molecule has 1 aromatic rings. The zero-order valence-corrected chi connectivity index (χ0v) is 8.52. The van der Waals surface area contributed by atoms with E-state index in [0.717, 1.165) is 31.2 Å². The van der Waals surface area contributed by atoms with Gasteiger partial charge < -0.3 is 5.73 Å². The van der Waals surface area contributed by atoms with Crippen molar-refractivity contribution in [2.45, 2.75) is 38.1 Å². The maximum absolute atomic E-state index is 13.3. The molecule has 1 aliphatic carbocycles. The molecule has 0 amide bonds. The van der Waals surface area contributed by atoms with Crippen molar-refractivity contribution in [3.63, 3.8) is 0 Å². The third kappa shape index (κ3) is 1.55. The molecular weight excluding hydrogens is 177 g/mol. The molecule has 0 unspecified atom stereocenters. The summed E-state index contributed by atoms with van der Waals surface area (Å²) in [6.45, 7) is 1.77. The molecule has 0 radical (unpaired) electrons. The van der Waals surface area contributed by atoms with Crippen LogP contribution >= 0.6 is 0 Å². The summed E-state index contributed by atoms with van der Waals surface area (Å²) < 4.78 is 13.3. The normalized spacial score (nSPS) is 19.9. The van der Waals surface area contributed by atoms with Crippen LogP contribution in [0.25, 0.3) is 0 Å². The third-order valence-electron chi connectivity index (χ3n) is 3.24. The first-order valence-corrected chi connectivity index (χ1v) is 5.17. The maximum atomic E-state index is 13.3. The highest BCUT2D eigenvalue weighted by Crippen LogP contribution is 2.36. The second-order valence-corrected chi connectivity index (χ2v) is 4.33. The molecule has 1 saturated carbocycles. The van der Waals surface area contributed by atoms with Crippen LogP contribution < -0.4 is 5.73 Å². The Kier molecular flexibility index (Phi) is 2.31. The number of benzene rings is 1. The molecule has 2 rings (SSSR count). The highest BCUT2D eigenvalue weighted by atomic mass is 19.1. The fraction of sp³-hybridized carbons (Fsp3) is 0.500. The lowest BCUT2D eigenvalue weighted by molar-refractivity contribution is 0.457. The van der Waals surface area contributed by atoms with Gasteiger partial charge in [0, 0.05) is 5.54 Å². The van der Waals surface area contributed by atoms with Crippen LogP contribution in [0.1, 0.15) is 36.8 Å². The van der Waals surface area contributed by atoms with Gasteiger partial charge in [-0.3, -0.25) is 0 Å². The fourth-order valence-electron chi connectivity index (χ4n) is 2.20. The van der Waals surface area contributed by atoms with Crippen LogP contribution in [0.15, 0.2) is 18.2 Å². The Bertz CT molecular complexity index is 340. The van der Waals surface area contributed by atoms with E-state index in [-0.39, 0.29) is 11.4 Å². The molecule has 0 heterocycles. The van der Waals surface area contributed by atoms with Crippen molar-refractivity contribution in [2.24, 2.45) is 5.73 Å². The van der Waals surface area contributed by atoms with Gasteiger partial charge in [-0.15, -0.1) is 0 Å². The van der Waals surface area contributed by atoms with E-state index in [0.29, 0.717) is 5.56 Å². The Hall–Kier alpha value is -0.890. The van der Waals surface area contributed by atoms with Gasteiger partial charge in [-0.1, -0.05) is 25.0 Å². The average molecular weight is 193 g/mol. The minimum Gasteiger partial charge on any atom is -0.321 e. The van der Waals surface area contributed by atoms with Crippen LogP contribution in [0.3, 0.4) is 0 Å². The van der Waals surface area contributed by atoms with Gasteiger partial charge in [0.05, 0.1) is 0 Å². The number of rotatable bonds is 1. The van der Waals surface area contributed by atoms with Crippen molar-refractivity contribution >= 4 is 0 Å². The van der Waals surface area contributed by atoms with E-state index >= 15 is 0 Å².